The Balaban J connectivity index is 1.66. The summed E-state index contributed by atoms with van der Waals surface area (Å²) in [6, 6.07) is 9.34. The van der Waals surface area contributed by atoms with Crippen LogP contribution in [0, 0.1) is 5.92 Å². The molecule has 20 heavy (non-hydrogen) atoms. The fraction of sp³-hybridized carbons (Fsp3) is 0.214. The van der Waals surface area contributed by atoms with Crippen molar-refractivity contribution in [2.45, 2.75) is 12.3 Å². The topological polar surface area (TPSA) is 54.9 Å². The number of hydrogen-bond acceptors (Lipinski definition) is 3. The second-order valence-electron chi connectivity index (χ2n) is 4.72. The quantitative estimate of drug-likeness (QED) is 0.858. The van der Waals surface area contributed by atoms with Crippen LogP contribution in [0.5, 0.6) is 0 Å². The van der Waals surface area contributed by atoms with E-state index < -0.39 is 0 Å². The molecule has 6 heteroatoms. The van der Waals surface area contributed by atoms with Gasteiger partial charge >= 0.3 is 0 Å². The zero-order chi connectivity index (χ0) is 14.1. The number of nitrogens with one attached hydrogen (secondary N) is 1. The van der Waals surface area contributed by atoms with Crippen molar-refractivity contribution in [1.82, 2.24) is 9.97 Å². The molecule has 0 radical (unpaired) electrons. The van der Waals surface area contributed by atoms with Crippen LogP contribution in [0.4, 0.5) is 5.82 Å². The average molecular weight is 353 g/mol. The van der Waals surface area contributed by atoms with Crippen molar-refractivity contribution in [3.63, 3.8) is 0 Å². The summed E-state index contributed by atoms with van der Waals surface area (Å²) in [4.78, 5) is 20.1. The van der Waals surface area contributed by atoms with Gasteiger partial charge in [0.05, 0.1) is 0 Å². The van der Waals surface area contributed by atoms with Gasteiger partial charge in [-0.25, -0.2) is 9.97 Å². The number of halogens is 2. The molecule has 102 valence electrons. The Hall–Kier alpha value is -1.46. The summed E-state index contributed by atoms with van der Waals surface area (Å²) in [5.41, 5.74) is 1.11. The first-order valence-electron chi connectivity index (χ1n) is 6.17. The van der Waals surface area contributed by atoms with Gasteiger partial charge in [0.1, 0.15) is 16.7 Å². The number of carbonyl (C=O) groups excluding carboxylic acids is 1. The van der Waals surface area contributed by atoms with Crippen LogP contribution in [0.3, 0.4) is 0 Å². The van der Waals surface area contributed by atoms with Crippen molar-refractivity contribution >= 4 is 39.3 Å². The summed E-state index contributed by atoms with van der Waals surface area (Å²) in [6.45, 7) is 0. The van der Waals surface area contributed by atoms with Gasteiger partial charge < -0.3 is 5.32 Å². The first kappa shape index (κ1) is 13.5. The van der Waals surface area contributed by atoms with E-state index in [2.05, 4.69) is 31.2 Å². The van der Waals surface area contributed by atoms with E-state index in [9.17, 15) is 4.79 Å². The van der Waals surface area contributed by atoms with Gasteiger partial charge in [0.15, 0.2) is 0 Å². The van der Waals surface area contributed by atoms with Crippen LogP contribution in [0.1, 0.15) is 17.9 Å². The van der Waals surface area contributed by atoms with Gasteiger partial charge in [0, 0.05) is 17.0 Å². The highest BCUT2D eigenvalue weighted by Gasteiger charge is 2.44. The lowest BCUT2D eigenvalue weighted by Gasteiger charge is -2.04. The van der Waals surface area contributed by atoms with Crippen LogP contribution < -0.4 is 5.32 Å². The van der Waals surface area contributed by atoms with Crippen molar-refractivity contribution in [2.24, 2.45) is 5.92 Å². The summed E-state index contributed by atoms with van der Waals surface area (Å²) in [7, 11) is 0. The van der Waals surface area contributed by atoms with E-state index >= 15 is 0 Å². The summed E-state index contributed by atoms with van der Waals surface area (Å²) in [5.74, 6) is 0.732. The molecule has 1 amide bonds. The van der Waals surface area contributed by atoms with Gasteiger partial charge in [-0.15, -0.1) is 0 Å². The number of amides is 1. The van der Waals surface area contributed by atoms with Gasteiger partial charge in [-0.2, -0.15) is 0 Å². The number of rotatable bonds is 3. The minimum absolute atomic E-state index is 0.0118. The van der Waals surface area contributed by atoms with E-state index in [-0.39, 0.29) is 17.7 Å². The first-order valence-corrected chi connectivity index (χ1v) is 7.34. The number of anilines is 1. The van der Waals surface area contributed by atoms with Crippen LogP contribution in [-0.2, 0) is 4.79 Å². The molecule has 0 bridgehead atoms. The largest absolute Gasteiger partial charge is 0.310 e. The van der Waals surface area contributed by atoms with Gasteiger partial charge in [-0.1, -0.05) is 23.7 Å². The Labute approximate surface area is 129 Å². The van der Waals surface area contributed by atoms with E-state index in [0.717, 1.165) is 12.0 Å². The Kier molecular flexibility index (Phi) is 3.72. The van der Waals surface area contributed by atoms with Crippen molar-refractivity contribution < 1.29 is 4.79 Å². The van der Waals surface area contributed by atoms with Crippen LogP contribution in [0.15, 0.2) is 41.3 Å². The summed E-state index contributed by atoms with van der Waals surface area (Å²) in [5, 5.41) is 3.51. The zero-order valence-electron chi connectivity index (χ0n) is 10.4. The molecule has 0 spiro atoms. The van der Waals surface area contributed by atoms with E-state index in [4.69, 9.17) is 11.6 Å². The van der Waals surface area contributed by atoms with Gasteiger partial charge in [-0.05, 0) is 46.0 Å². The molecule has 1 heterocycles. The molecule has 1 aromatic carbocycles. The molecule has 0 saturated heterocycles. The smallest absolute Gasteiger partial charge is 0.229 e. The maximum Gasteiger partial charge on any atom is 0.229 e. The molecule has 3 rings (SSSR count). The summed E-state index contributed by atoms with van der Waals surface area (Å²) in [6.07, 6.45) is 2.25. The van der Waals surface area contributed by atoms with Crippen LogP contribution in [0.25, 0.3) is 0 Å². The number of aromatic nitrogens is 2. The highest BCUT2D eigenvalue weighted by molar-refractivity contribution is 9.10. The molecule has 2 aromatic rings. The van der Waals surface area contributed by atoms with Crippen molar-refractivity contribution in [3.05, 3.63) is 51.8 Å². The molecule has 1 aromatic heterocycles. The molecular formula is C14H11BrClN3O. The van der Waals surface area contributed by atoms with Crippen molar-refractivity contribution in [1.29, 1.82) is 0 Å². The first-order chi connectivity index (χ1) is 9.63. The molecule has 1 N–H and O–H groups in total. The van der Waals surface area contributed by atoms with Crippen LogP contribution in [0.2, 0.25) is 5.02 Å². The molecule has 1 aliphatic rings. The predicted molar refractivity (Wildman–Crippen MR) is 80.7 cm³/mol. The van der Waals surface area contributed by atoms with E-state index in [1.807, 2.05) is 24.3 Å². The average Bonchev–Trinajstić information content (AvgIpc) is 3.19. The molecule has 0 aliphatic heterocycles. The van der Waals surface area contributed by atoms with E-state index in [1.54, 1.807) is 6.07 Å². The molecule has 0 unspecified atom stereocenters. The lowest BCUT2D eigenvalue weighted by Crippen LogP contribution is -2.15. The summed E-state index contributed by atoms with van der Waals surface area (Å²) < 4.78 is 0.644. The number of hydrogen-bond donors (Lipinski definition) is 1. The number of benzene rings is 1. The molecule has 4 nitrogen and oxygen atoms in total. The third-order valence-corrected chi connectivity index (χ3v) is 3.96. The minimum atomic E-state index is -0.0134. The molecule has 1 aliphatic carbocycles. The Morgan fingerprint density at radius 1 is 1.35 bits per heavy atom. The predicted octanol–water partition coefficient (Wildman–Crippen LogP) is 3.63. The summed E-state index contributed by atoms with van der Waals surface area (Å²) >= 11 is 9.21. The second-order valence-corrected chi connectivity index (χ2v) is 5.97. The molecule has 1 saturated carbocycles. The second kappa shape index (κ2) is 5.50. The van der Waals surface area contributed by atoms with E-state index in [1.165, 1.54) is 6.33 Å². The molecular weight excluding hydrogens is 342 g/mol. The van der Waals surface area contributed by atoms with Gasteiger partial charge in [0.2, 0.25) is 5.91 Å². The van der Waals surface area contributed by atoms with Gasteiger partial charge in [0.25, 0.3) is 0 Å². The minimum Gasteiger partial charge on any atom is -0.310 e. The highest BCUT2D eigenvalue weighted by Crippen LogP contribution is 2.48. The van der Waals surface area contributed by atoms with Crippen LogP contribution in [-0.4, -0.2) is 15.9 Å². The highest BCUT2D eigenvalue weighted by atomic mass is 79.9. The van der Waals surface area contributed by atoms with Crippen molar-refractivity contribution in [2.75, 3.05) is 5.32 Å². The SMILES string of the molecule is O=C(Nc1cc(Br)ncn1)[C@H]1C[C@@H]1c1cccc(Cl)c1. The Morgan fingerprint density at radius 2 is 2.20 bits per heavy atom. The number of carbonyl (C=O) groups is 1. The third-order valence-electron chi connectivity index (χ3n) is 3.29. The number of nitrogens with zero attached hydrogens (tertiary/aromatic N) is 2. The maximum atomic E-state index is 12.1. The lowest BCUT2D eigenvalue weighted by atomic mass is 10.1. The Morgan fingerprint density at radius 3 is 2.95 bits per heavy atom. The standard InChI is InChI=1S/C14H11BrClN3O/c15-12-6-13(18-7-17-12)19-14(20)11-5-10(11)8-2-1-3-9(16)4-8/h1-4,6-7,10-11H,5H2,(H,17,18,19,20)/t10-,11+/m1/s1. The van der Waals surface area contributed by atoms with Crippen molar-refractivity contribution in [3.8, 4) is 0 Å². The fourth-order valence-corrected chi connectivity index (χ4v) is 2.72. The Bertz CT molecular complexity index is 664. The zero-order valence-corrected chi connectivity index (χ0v) is 12.7. The molecule has 1 fully saturated rings. The fourth-order valence-electron chi connectivity index (χ4n) is 2.21. The monoisotopic (exact) mass is 351 g/mol. The van der Waals surface area contributed by atoms with Crippen LogP contribution >= 0.6 is 27.5 Å². The molecule has 2 atom stereocenters. The normalized spacial score (nSPS) is 20.5. The van der Waals surface area contributed by atoms with E-state index in [0.29, 0.717) is 15.4 Å². The maximum absolute atomic E-state index is 12.1. The van der Waals surface area contributed by atoms with Gasteiger partial charge in [-0.3, -0.25) is 4.79 Å². The lowest BCUT2D eigenvalue weighted by molar-refractivity contribution is -0.117. The third kappa shape index (κ3) is 2.99.